The summed E-state index contributed by atoms with van der Waals surface area (Å²) in [5.41, 5.74) is 22.3. The predicted octanol–water partition coefficient (Wildman–Crippen LogP) is 19.1. The lowest BCUT2D eigenvalue weighted by Gasteiger charge is -2.30. The van der Waals surface area contributed by atoms with Crippen LogP contribution in [0.1, 0.15) is 49.9 Å². The van der Waals surface area contributed by atoms with E-state index < -0.39 is 0 Å². The maximum Gasteiger partial charge on any atom is 0.0553 e. The Morgan fingerprint density at radius 3 is 1.56 bits per heavy atom. The zero-order chi connectivity index (χ0) is 48.0. The van der Waals surface area contributed by atoms with Gasteiger partial charge in [0.05, 0.1) is 11.0 Å². The average Bonchev–Trinajstić information content (AvgIpc) is 3.96. The van der Waals surface area contributed by atoms with Gasteiger partial charge in [-0.05, 0) is 172 Å². The number of benzene rings is 12. The Hall–Kier alpha value is -8.72. The van der Waals surface area contributed by atoms with Crippen LogP contribution in [0.4, 0.5) is 17.1 Å². The molecule has 0 fully saturated rings. The molecule has 0 spiro atoms. The third-order valence-corrected chi connectivity index (χ3v) is 16.7. The van der Waals surface area contributed by atoms with Crippen molar-refractivity contribution in [3.05, 3.63) is 253 Å². The van der Waals surface area contributed by atoms with Crippen molar-refractivity contribution < 1.29 is 0 Å². The third-order valence-electron chi connectivity index (χ3n) is 16.7. The van der Waals surface area contributed by atoms with Crippen LogP contribution in [0, 0.1) is 0 Å². The maximum atomic E-state index is 2.48. The standard InChI is InChI=1S/C70H50N2/c1-69(2)60-21-12-11-20-54(60)56-35-31-52(41-62(56)69)71(51-29-24-44(25-30-51)43-14-7-5-8-15-43)53-32-36-57-55-33-27-48(39-61(55)70(3,4)63(57)42-53)47-28-37-64-59(38-47)68-58-34-26-46-17-13-16-45-22-23-49(67(58)66(45)46)40-65(68)72(64)50-18-9-6-10-19-50/h5-42H,1-4H3. The fraction of sp³-hybridized carbons (Fsp3) is 0.0857. The fourth-order valence-corrected chi connectivity index (χ4v) is 13.1. The number of anilines is 3. The summed E-state index contributed by atoms with van der Waals surface area (Å²) in [4.78, 5) is 2.47. The van der Waals surface area contributed by atoms with Crippen molar-refractivity contribution in [1.29, 1.82) is 0 Å². The van der Waals surface area contributed by atoms with E-state index >= 15 is 0 Å². The molecule has 0 atom stereocenters. The number of para-hydroxylation sites is 1. The Morgan fingerprint density at radius 1 is 0.306 bits per heavy atom. The van der Waals surface area contributed by atoms with Crippen LogP contribution in [0.3, 0.4) is 0 Å². The average molecular weight is 919 g/mol. The monoisotopic (exact) mass is 918 g/mol. The highest BCUT2D eigenvalue weighted by atomic mass is 15.1. The second kappa shape index (κ2) is 14.9. The molecule has 0 aliphatic heterocycles. The molecule has 72 heavy (non-hydrogen) atoms. The first-order chi connectivity index (χ1) is 35.2. The van der Waals surface area contributed by atoms with Gasteiger partial charge in [-0.25, -0.2) is 0 Å². The van der Waals surface area contributed by atoms with Crippen molar-refractivity contribution in [3.8, 4) is 50.2 Å². The summed E-state index contributed by atoms with van der Waals surface area (Å²) in [6.07, 6.45) is 0. The minimum atomic E-state index is -0.249. The summed E-state index contributed by atoms with van der Waals surface area (Å²) in [5.74, 6) is 0. The van der Waals surface area contributed by atoms with E-state index in [0.29, 0.717) is 0 Å². The minimum Gasteiger partial charge on any atom is -0.310 e. The second-order valence-corrected chi connectivity index (χ2v) is 21.3. The normalized spacial score (nSPS) is 14.1. The van der Waals surface area contributed by atoms with E-state index in [1.807, 2.05) is 0 Å². The Labute approximate surface area is 420 Å². The lowest BCUT2D eigenvalue weighted by Crippen LogP contribution is -2.18. The van der Waals surface area contributed by atoms with E-state index in [4.69, 9.17) is 0 Å². The molecule has 12 aromatic carbocycles. The third kappa shape index (κ3) is 5.78. The molecular formula is C70H50N2. The van der Waals surface area contributed by atoms with E-state index in [2.05, 4.69) is 268 Å². The van der Waals surface area contributed by atoms with Gasteiger partial charge in [0.25, 0.3) is 0 Å². The van der Waals surface area contributed by atoms with Crippen molar-refractivity contribution in [1.82, 2.24) is 4.57 Å². The van der Waals surface area contributed by atoms with E-state index in [-0.39, 0.29) is 10.8 Å². The summed E-state index contributed by atoms with van der Waals surface area (Å²) in [7, 11) is 0. The van der Waals surface area contributed by atoms with Gasteiger partial charge in [-0.3, -0.25) is 0 Å². The maximum absolute atomic E-state index is 2.48. The van der Waals surface area contributed by atoms with Crippen LogP contribution in [-0.2, 0) is 10.8 Å². The molecular weight excluding hydrogens is 869 g/mol. The Morgan fingerprint density at radius 2 is 0.833 bits per heavy atom. The number of hydrogen-bond acceptors (Lipinski definition) is 1. The van der Waals surface area contributed by atoms with Crippen LogP contribution in [0.25, 0.3) is 104 Å². The lowest BCUT2D eigenvalue weighted by atomic mass is 9.81. The fourth-order valence-electron chi connectivity index (χ4n) is 13.1. The van der Waals surface area contributed by atoms with E-state index in [1.165, 1.54) is 127 Å². The number of hydrogen-bond donors (Lipinski definition) is 0. The van der Waals surface area contributed by atoms with Gasteiger partial charge < -0.3 is 9.47 Å². The summed E-state index contributed by atoms with van der Waals surface area (Å²) in [6.45, 7) is 9.57. The molecule has 2 heteroatoms. The highest BCUT2D eigenvalue weighted by Crippen LogP contribution is 2.54. The Kier molecular flexibility index (Phi) is 8.51. The largest absolute Gasteiger partial charge is 0.310 e. The zero-order valence-corrected chi connectivity index (χ0v) is 40.8. The van der Waals surface area contributed by atoms with Crippen molar-refractivity contribution in [2.45, 2.75) is 38.5 Å². The van der Waals surface area contributed by atoms with Crippen molar-refractivity contribution in [2.75, 3.05) is 4.90 Å². The molecule has 13 aromatic rings. The van der Waals surface area contributed by atoms with Crippen molar-refractivity contribution in [3.63, 3.8) is 0 Å². The second-order valence-electron chi connectivity index (χ2n) is 21.3. The summed E-state index contributed by atoms with van der Waals surface area (Å²) in [5, 5.41) is 10.4. The molecule has 15 rings (SSSR count). The quantitative estimate of drug-likeness (QED) is 0.151. The molecule has 0 bridgehead atoms. The SMILES string of the molecule is CC1(C)c2ccccc2-c2ccc(N(c3ccc(-c4ccccc4)cc3)c3ccc4c(c3)C(C)(C)c3cc(-c5ccc6c(c5)c5c7ccc8cccc9ccc(cc5n6-c5ccccc5)c7c98)ccc3-4)cc21. The predicted molar refractivity (Wildman–Crippen MR) is 305 cm³/mol. The van der Waals surface area contributed by atoms with Crippen molar-refractivity contribution >= 4 is 71.2 Å². The minimum absolute atomic E-state index is 0.117. The highest BCUT2D eigenvalue weighted by Gasteiger charge is 2.38. The number of nitrogens with zero attached hydrogens (tertiary/aromatic N) is 2. The van der Waals surface area contributed by atoms with Gasteiger partial charge in [0.1, 0.15) is 0 Å². The highest BCUT2D eigenvalue weighted by molar-refractivity contribution is 6.33. The Bertz CT molecular complexity index is 4350. The molecule has 2 aliphatic carbocycles. The number of rotatable bonds is 6. The van der Waals surface area contributed by atoms with Gasteiger partial charge in [-0.1, -0.05) is 185 Å². The van der Waals surface area contributed by atoms with Gasteiger partial charge in [0.2, 0.25) is 0 Å². The van der Waals surface area contributed by atoms with Gasteiger partial charge >= 0.3 is 0 Å². The van der Waals surface area contributed by atoms with E-state index in [9.17, 15) is 0 Å². The van der Waals surface area contributed by atoms with Crippen LogP contribution in [0.2, 0.25) is 0 Å². The van der Waals surface area contributed by atoms with Crippen LogP contribution < -0.4 is 4.90 Å². The lowest BCUT2D eigenvalue weighted by molar-refractivity contribution is 0.660. The number of aromatic nitrogens is 1. The van der Waals surface area contributed by atoms with E-state index in [1.54, 1.807) is 0 Å². The molecule has 0 N–H and O–H groups in total. The Balaban J connectivity index is 0.861. The van der Waals surface area contributed by atoms with Crippen molar-refractivity contribution in [2.24, 2.45) is 0 Å². The van der Waals surface area contributed by atoms with Crippen LogP contribution in [0.15, 0.2) is 231 Å². The summed E-state index contributed by atoms with van der Waals surface area (Å²) < 4.78 is 2.46. The van der Waals surface area contributed by atoms with Crippen LogP contribution >= 0.6 is 0 Å². The van der Waals surface area contributed by atoms with Crippen LogP contribution in [0.5, 0.6) is 0 Å². The first-order valence-electron chi connectivity index (χ1n) is 25.4. The topological polar surface area (TPSA) is 8.17 Å². The van der Waals surface area contributed by atoms with Gasteiger partial charge in [0.15, 0.2) is 0 Å². The van der Waals surface area contributed by atoms with Crippen LogP contribution in [-0.4, -0.2) is 4.57 Å². The first kappa shape index (κ1) is 41.1. The first-order valence-corrected chi connectivity index (χ1v) is 25.4. The molecule has 0 saturated heterocycles. The molecule has 0 saturated carbocycles. The van der Waals surface area contributed by atoms with Gasteiger partial charge in [-0.15, -0.1) is 0 Å². The molecule has 0 unspecified atom stereocenters. The van der Waals surface area contributed by atoms with Gasteiger partial charge in [-0.2, -0.15) is 0 Å². The van der Waals surface area contributed by atoms with E-state index in [0.717, 1.165) is 17.1 Å². The molecule has 0 amide bonds. The molecule has 1 heterocycles. The smallest absolute Gasteiger partial charge is 0.0553 e. The zero-order valence-electron chi connectivity index (χ0n) is 40.8. The van der Waals surface area contributed by atoms with Gasteiger partial charge in [0, 0.05) is 44.4 Å². The molecule has 340 valence electrons. The molecule has 2 aliphatic rings. The summed E-state index contributed by atoms with van der Waals surface area (Å²) >= 11 is 0. The number of fused-ring (bicyclic) bond motifs is 10. The molecule has 0 radical (unpaired) electrons. The molecule has 2 nitrogen and oxygen atoms in total. The summed E-state index contributed by atoms with van der Waals surface area (Å²) in [6, 6.07) is 86.6. The molecule has 1 aromatic heterocycles.